The van der Waals surface area contributed by atoms with Crippen LogP contribution in [-0.4, -0.2) is 20.6 Å². The molecule has 1 radical (unpaired) electrons. The summed E-state index contributed by atoms with van der Waals surface area (Å²) < 4.78 is 0. The van der Waals surface area contributed by atoms with Crippen LogP contribution in [0, 0.1) is 0 Å². The van der Waals surface area contributed by atoms with Crippen molar-refractivity contribution in [2.45, 2.75) is 0 Å². The fraction of sp³-hybridized carbons (Fsp3) is 1.00. The molecule has 0 aromatic heterocycles. The predicted molar refractivity (Wildman–Crippen MR) is 21.8 cm³/mol. The highest BCUT2D eigenvalue weighted by Gasteiger charge is 1.94. The number of nitrogens with one attached hydrogen (secondary N) is 2. The molecule has 27 valence electrons. The molecule has 1 aliphatic rings. The van der Waals surface area contributed by atoms with Crippen molar-refractivity contribution in [3.05, 3.63) is 0 Å². The zero-order chi connectivity index (χ0) is 3.54. The lowest BCUT2D eigenvalue weighted by Crippen LogP contribution is -2.17. The van der Waals surface area contributed by atoms with E-state index < -0.39 is 0 Å². The third-order valence-electron chi connectivity index (χ3n) is 0.618. The van der Waals surface area contributed by atoms with E-state index in [0.717, 1.165) is 13.1 Å². The van der Waals surface area contributed by atoms with Gasteiger partial charge in [0.15, 0.2) is 0 Å². The molecule has 0 bridgehead atoms. The van der Waals surface area contributed by atoms with Crippen molar-refractivity contribution in [3.8, 4) is 0 Å². The molecule has 3 heteroatoms. The molecule has 0 amide bonds. The van der Waals surface area contributed by atoms with Gasteiger partial charge in [0.1, 0.15) is 0 Å². The van der Waals surface area contributed by atoms with E-state index in [9.17, 15) is 0 Å². The maximum Gasteiger partial charge on any atom is 0.307 e. The van der Waals surface area contributed by atoms with Crippen molar-refractivity contribution in [2.75, 3.05) is 13.1 Å². The molecule has 1 saturated heterocycles. The highest BCUT2D eigenvalue weighted by atomic mass is 15.0. The first-order chi connectivity index (χ1) is 2.50. The molecule has 0 spiro atoms. The largest absolute Gasteiger partial charge is 0.345 e. The monoisotopic (exact) mass is 69.1 g/mol. The molecular formula is C2H6BN2. The zero-order valence-corrected chi connectivity index (χ0v) is 2.99. The van der Waals surface area contributed by atoms with Crippen LogP contribution in [0.4, 0.5) is 0 Å². The average Bonchev–Trinajstić information content (AvgIpc) is 1.76. The number of hydrogen-bond donors (Lipinski definition) is 2. The lowest BCUT2D eigenvalue weighted by molar-refractivity contribution is 0.942. The van der Waals surface area contributed by atoms with Gasteiger partial charge in [0.2, 0.25) is 0 Å². The minimum atomic E-state index is 1.08. The molecule has 1 fully saturated rings. The summed E-state index contributed by atoms with van der Waals surface area (Å²) in [4.78, 5) is 0. The van der Waals surface area contributed by atoms with Gasteiger partial charge in [0.05, 0.1) is 0 Å². The second kappa shape index (κ2) is 1.43. The molecule has 1 aliphatic heterocycles. The topological polar surface area (TPSA) is 24.1 Å². The van der Waals surface area contributed by atoms with Crippen molar-refractivity contribution < 1.29 is 0 Å². The van der Waals surface area contributed by atoms with Gasteiger partial charge >= 0.3 is 7.55 Å². The van der Waals surface area contributed by atoms with Crippen molar-refractivity contribution >= 4 is 7.55 Å². The first-order valence-corrected chi connectivity index (χ1v) is 1.78. The van der Waals surface area contributed by atoms with E-state index in [1.807, 2.05) is 7.55 Å². The fourth-order valence-electron chi connectivity index (χ4n) is 0.361. The second-order valence-electron chi connectivity index (χ2n) is 1.05. The summed E-state index contributed by atoms with van der Waals surface area (Å²) in [5.74, 6) is 0. The molecule has 0 aromatic rings. The first kappa shape index (κ1) is 3.19. The molecule has 2 nitrogen and oxygen atoms in total. The predicted octanol–water partition coefficient (Wildman–Crippen LogP) is -1.29. The van der Waals surface area contributed by atoms with Crippen molar-refractivity contribution in [3.63, 3.8) is 0 Å². The Morgan fingerprint density at radius 2 is 1.80 bits per heavy atom. The summed E-state index contributed by atoms with van der Waals surface area (Å²) in [6.07, 6.45) is 0. The van der Waals surface area contributed by atoms with Crippen molar-refractivity contribution in [1.82, 2.24) is 10.5 Å². The molecule has 0 aliphatic carbocycles. The summed E-state index contributed by atoms with van der Waals surface area (Å²) in [5, 5.41) is 5.97. The molecule has 0 saturated carbocycles. The van der Waals surface area contributed by atoms with Gasteiger partial charge in [0.25, 0.3) is 0 Å². The van der Waals surface area contributed by atoms with Gasteiger partial charge in [-0.3, -0.25) is 0 Å². The van der Waals surface area contributed by atoms with E-state index in [2.05, 4.69) is 10.5 Å². The van der Waals surface area contributed by atoms with E-state index in [1.165, 1.54) is 0 Å². The third kappa shape index (κ3) is 0.632. The van der Waals surface area contributed by atoms with E-state index in [0.29, 0.717) is 0 Å². The van der Waals surface area contributed by atoms with Crippen molar-refractivity contribution in [2.24, 2.45) is 0 Å². The van der Waals surface area contributed by atoms with Gasteiger partial charge in [-0.1, -0.05) is 0 Å². The van der Waals surface area contributed by atoms with Crippen LogP contribution in [0.2, 0.25) is 0 Å². The number of rotatable bonds is 0. The van der Waals surface area contributed by atoms with Crippen LogP contribution in [0.5, 0.6) is 0 Å². The zero-order valence-electron chi connectivity index (χ0n) is 2.99. The first-order valence-electron chi connectivity index (χ1n) is 1.78. The van der Waals surface area contributed by atoms with Gasteiger partial charge in [0, 0.05) is 0 Å². The summed E-state index contributed by atoms with van der Waals surface area (Å²) in [7, 11) is 1.86. The Morgan fingerprint density at radius 1 is 1.20 bits per heavy atom. The van der Waals surface area contributed by atoms with Crippen LogP contribution in [0.3, 0.4) is 0 Å². The van der Waals surface area contributed by atoms with E-state index in [-0.39, 0.29) is 0 Å². The fourth-order valence-corrected chi connectivity index (χ4v) is 0.361. The van der Waals surface area contributed by atoms with Crippen LogP contribution in [0.1, 0.15) is 0 Å². The van der Waals surface area contributed by atoms with Gasteiger partial charge in [-0.2, -0.15) is 0 Å². The van der Waals surface area contributed by atoms with Crippen LogP contribution in [0.15, 0.2) is 0 Å². The SMILES string of the molecule is [B]1NCCN1. The van der Waals surface area contributed by atoms with E-state index in [1.54, 1.807) is 0 Å². The van der Waals surface area contributed by atoms with Gasteiger partial charge in [-0.25, -0.2) is 0 Å². The normalized spacial score (nSPS) is 22.4. The lowest BCUT2D eigenvalue weighted by Gasteiger charge is -1.73. The molecule has 0 atom stereocenters. The highest BCUT2D eigenvalue weighted by molar-refractivity contribution is 6.29. The summed E-state index contributed by atoms with van der Waals surface area (Å²) in [6, 6.07) is 0. The number of hydrogen-bond acceptors (Lipinski definition) is 2. The Labute approximate surface area is 32.2 Å². The molecule has 1 heterocycles. The lowest BCUT2D eigenvalue weighted by atomic mass is 10.2. The molecule has 1 rings (SSSR count). The van der Waals surface area contributed by atoms with Crippen LogP contribution in [-0.2, 0) is 0 Å². The summed E-state index contributed by atoms with van der Waals surface area (Å²) in [6.45, 7) is 2.17. The van der Waals surface area contributed by atoms with Gasteiger partial charge < -0.3 is 10.5 Å². The summed E-state index contributed by atoms with van der Waals surface area (Å²) in [5.41, 5.74) is 0. The minimum absolute atomic E-state index is 1.08. The van der Waals surface area contributed by atoms with Crippen LogP contribution < -0.4 is 10.5 Å². The van der Waals surface area contributed by atoms with Crippen molar-refractivity contribution in [1.29, 1.82) is 0 Å². The molecule has 5 heavy (non-hydrogen) atoms. The van der Waals surface area contributed by atoms with E-state index in [4.69, 9.17) is 0 Å². The second-order valence-corrected chi connectivity index (χ2v) is 1.05. The molecule has 2 N–H and O–H groups in total. The average molecular weight is 68.9 g/mol. The van der Waals surface area contributed by atoms with Gasteiger partial charge in [-0.05, 0) is 13.1 Å². The standard InChI is InChI=1S/C2H6BN2/c1-2-5-3-4-1/h4-5H,1-2H2. The van der Waals surface area contributed by atoms with E-state index >= 15 is 0 Å². The smallest absolute Gasteiger partial charge is 0.307 e. The van der Waals surface area contributed by atoms with Crippen LogP contribution >= 0.6 is 0 Å². The quantitative estimate of drug-likeness (QED) is 0.346. The maximum atomic E-state index is 2.99. The Morgan fingerprint density at radius 3 is 2.00 bits per heavy atom. The Balaban J connectivity index is 2.08. The highest BCUT2D eigenvalue weighted by Crippen LogP contribution is 1.58. The maximum absolute atomic E-state index is 2.99. The molecular weight excluding hydrogens is 62.8 g/mol. The molecule has 0 unspecified atom stereocenters. The Hall–Kier alpha value is -0.0151. The molecule has 0 aromatic carbocycles. The van der Waals surface area contributed by atoms with Crippen LogP contribution in [0.25, 0.3) is 0 Å². The minimum Gasteiger partial charge on any atom is -0.345 e. The Kier molecular flexibility index (Phi) is 0.910. The van der Waals surface area contributed by atoms with Gasteiger partial charge in [-0.15, -0.1) is 0 Å². The third-order valence-corrected chi connectivity index (χ3v) is 0.618. The summed E-state index contributed by atoms with van der Waals surface area (Å²) >= 11 is 0. The Bertz CT molecular complexity index is 19.2.